The first kappa shape index (κ1) is 48.0. The Hall–Kier alpha value is -4.64. The van der Waals surface area contributed by atoms with Gasteiger partial charge in [0.1, 0.15) is 0 Å². The zero-order valence-corrected chi connectivity index (χ0v) is 38.7. The van der Waals surface area contributed by atoms with Crippen molar-refractivity contribution in [2.45, 2.75) is 53.4 Å². The fraction of sp³-hybridized carbons (Fsp3) is 0.455. The molecule has 0 atom stereocenters. The Morgan fingerprint density at radius 1 is 0.533 bits per heavy atom. The Morgan fingerprint density at radius 3 is 1.20 bits per heavy atom. The number of rotatable bonds is 17. The monoisotopic (exact) mass is 952 g/mol. The number of non-ortho nitro benzene ring substituents is 2. The second-order valence-electron chi connectivity index (χ2n) is 19.1. The number of nitrogens with zero attached hydrogens (tertiary/aromatic N) is 6. The van der Waals surface area contributed by atoms with Crippen LogP contribution >= 0.6 is 0 Å². The average Bonchev–Trinajstić information content (AvgIpc) is 3.12. The Kier molecular flexibility index (Phi) is 14.2. The molecule has 0 N–H and O–H groups in total. The Balaban J connectivity index is 0.00000397. The molecule has 2 heterocycles. The second kappa shape index (κ2) is 17.8. The maximum Gasteiger partial charge on any atom is 0.270 e. The van der Waals surface area contributed by atoms with Gasteiger partial charge in [-0.15, -0.1) is 0 Å². The van der Waals surface area contributed by atoms with Crippen molar-refractivity contribution in [3.63, 3.8) is 0 Å². The Labute approximate surface area is 371 Å². The molecule has 0 fully saturated rings. The van der Waals surface area contributed by atoms with Gasteiger partial charge < -0.3 is 42.9 Å². The molecule has 0 saturated heterocycles. The van der Waals surface area contributed by atoms with Crippen LogP contribution in [0.2, 0.25) is 0 Å². The number of carbonyl (C=O) groups is 4. The molecule has 0 aromatic heterocycles. The zero-order chi connectivity index (χ0) is 42.5. The van der Waals surface area contributed by atoms with E-state index in [1.165, 1.54) is 34.1 Å². The van der Waals surface area contributed by atoms with E-state index in [0.717, 1.165) is 38.8 Å². The van der Waals surface area contributed by atoms with E-state index >= 15 is 0 Å². The van der Waals surface area contributed by atoms with Crippen LogP contribution in [0.3, 0.4) is 0 Å². The Bertz CT molecular complexity index is 2230. The third-order valence-electron chi connectivity index (χ3n) is 11.4. The molecule has 6 rings (SSSR count). The van der Waals surface area contributed by atoms with Gasteiger partial charge in [0.25, 0.3) is 35.0 Å². The van der Waals surface area contributed by atoms with Crippen LogP contribution in [0.4, 0.5) is 11.4 Å². The van der Waals surface area contributed by atoms with Crippen LogP contribution < -0.4 is 34.0 Å². The molecular weight excluding hydrogens is 900 g/mol. The molecule has 4 amide bonds. The van der Waals surface area contributed by atoms with Gasteiger partial charge in [0.05, 0.1) is 75.3 Å². The quantitative estimate of drug-likeness (QED) is 0.0506. The van der Waals surface area contributed by atoms with Gasteiger partial charge in [0.2, 0.25) is 0 Å². The summed E-state index contributed by atoms with van der Waals surface area (Å²) in [5.41, 5.74) is -0.122. The first-order valence-corrected chi connectivity index (χ1v) is 19.8. The van der Waals surface area contributed by atoms with E-state index in [1.807, 2.05) is 27.7 Å². The molecule has 0 spiro atoms. The van der Waals surface area contributed by atoms with Crippen LogP contribution in [0.5, 0.6) is 0 Å². The van der Waals surface area contributed by atoms with Gasteiger partial charge in [0.15, 0.2) is 0 Å². The van der Waals surface area contributed by atoms with Gasteiger partial charge in [-0.05, 0) is 48.6 Å². The van der Waals surface area contributed by atoms with Crippen molar-refractivity contribution >= 4 is 56.5 Å². The number of hydrogen-bond acceptors (Lipinski definition) is 8. The first-order valence-electron chi connectivity index (χ1n) is 19.8. The summed E-state index contributed by atoms with van der Waals surface area (Å²) >= 11 is 0. The normalized spacial score (nSPS) is 14.4. The lowest BCUT2D eigenvalue weighted by Gasteiger charge is -2.40. The number of benzene rings is 4. The number of amides is 4. The topological polar surface area (TPSA) is 161 Å². The van der Waals surface area contributed by atoms with Crippen LogP contribution in [-0.4, -0.2) is 120 Å². The third-order valence-corrected chi connectivity index (χ3v) is 11.4. The van der Waals surface area contributed by atoms with Gasteiger partial charge in [-0.2, -0.15) is 0 Å². The molecule has 0 radical (unpaired) electrons. The van der Waals surface area contributed by atoms with E-state index in [9.17, 15) is 39.4 Å². The minimum absolute atomic E-state index is 0. The summed E-state index contributed by atoms with van der Waals surface area (Å²) in [6.07, 6.45) is 4.05. The zero-order valence-electron chi connectivity index (χ0n) is 35.5. The van der Waals surface area contributed by atoms with Crippen LogP contribution in [0, 0.1) is 31.1 Å². The Morgan fingerprint density at radius 2 is 0.867 bits per heavy atom. The van der Waals surface area contributed by atoms with Gasteiger partial charge >= 0.3 is 0 Å². The van der Waals surface area contributed by atoms with Crippen molar-refractivity contribution in [3.05, 3.63) is 103 Å². The SMILES string of the molecule is CC(C)(CN1C(=O)c2cccc3cc([N+](=O)[O-])cc(c23)C1=O)C[N+](C)(C)CCCCCC[N+](C)(C)CC(C)(C)CN1C(=O)c2cccc3cc([N+](=O)[O-])cc(c23)C1=O.[Br-].[Br-]. The molecule has 2 aliphatic heterocycles. The third kappa shape index (κ3) is 10.1. The minimum atomic E-state index is -0.521. The van der Waals surface area contributed by atoms with Gasteiger partial charge in [0, 0.05) is 70.1 Å². The molecule has 322 valence electrons. The van der Waals surface area contributed by atoms with E-state index in [1.54, 1.807) is 36.4 Å². The van der Waals surface area contributed by atoms with Crippen molar-refractivity contribution in [1.29, 1.82) is 0 Å². The van der Waals surface area contributed by atoms with Gasteiger partial charge in [-0.3, -0.25) is 49.2 Å². The molecule has 4 aromatic carbocycles. The van der Waals surface area contributed by atoms with E-state index in [2.05, 4.69) is 28.2 Å². The van der Waals surface area contributed by atoms with Crippen LogP contribution in [-0.2, 0) is 0 Å². The standard InChI is InChI=1S/C44H54N6O8.2BrH/c1-43(2,25-45-39(51)33-17-13-15-29-21-31(47(55)56)23-35(37(29)33)41(45)53)27-49(5,6)19-11-9-10-12-20-50(7,8)28-44(3,4)26-46-40(52)34-18-14-16-30-22-32(48(57)58)24-36(38(30)34)42(46)54;;/h13-18,21-24H,9-12,19-20,25-28H2,1-8H3;2*1H/q+2;;/p-2. The maximum absolute atomic E-state index is 13.7. The molecule has 0 aliphatic carbocycles. The van der Waals surface area contributed by atoms with Crippen LogP contribution in [0.25, 0.3) is 21.5 Å². The highest BCUT2D eigenvalue weighted by atomic mass is 79.9. The molecule has 16 heteroatoms. The maximum atomic E-state index is 13.7. The minimum Gasteiger partial charge on any atom is -1.00 e. The summed E-state index contributed by atoms with van der Waals surface area (Å²) in [6.45, 7) is 11.7. The summed E-state index contributed by atoms with van der Waals surface area (Å²) in [7, 11) is 8.62. The first-order chi connectivity index (χ1) is 27.0. The molecule has 0 bridgehead atoms. The van der Waals surface area contributed by atoms with E-state index in [0.29, 0.717) is 54.7 Å². The number of halogens is 2. The lowest BCUT2D eigenvalue weighted by Crippen LogP contribution is -3.00. The second-order valence-corrected chi connectivity index (χ2v) is 19.1. The lowest BCUT2D eigenvalue weighted by atomic mass is 9.87. The number of unbranched alkanes of at least 4 members (excludes halogenated alkanes) is 3. The molecule has 60 heavy (non-hydrogen) atoms. The van der Waals surface area contributed by atoms with E-state index in [-0.39, 0.29) is 81.4 Å². The number of hydrogen-bond donors (Lipinski definition) is 0. The molecule has 4 aromatic rings. The molecule has 14 nitrogen and oxygen atoms in total. The molecule has 2 aliphatic rings. The molecule has 0 saturated carbocycles. The van der Waals surface area contributed by atoms with Crippen molar-refractivity contribution in [3.8, 4) is 0 Å². The largest absolute Gasteiger partial charge is 1.00 e. The summed E-state index contributed by atoms with van der Waals surface area (Å²) in [4.78, 5) is 79.3. The number of quaternary nitrogens is 2. The van der Waals surface area contributed by atoms with Crippen LogP contribution in [0.1, 0.15) is 94.8 Å². The lowest BCUT2D eigenvalue weighted by molar-refractivity contribution is -0.897. The predicted molar refractivity (Wildman–Crippen MR) is 222 cm³/mol. The molecular formula is C44H54Br2N6O8. The fourth-order valence-electron chi connectivity index (χ4n) is 9.65. The number of carbonyl (C=O) groups excluding carboxylic acids is 4. The van der Waals surface area contributed by atoms with E-state index < -0.39 is 32.5 Å². The highest BCUT2D eigenvalue weighted by Gasteiger charge is 2.41. The highest BCUT2D eigenvalue weighted by molar-refractivity contribution is 6.26. The van der Waals surface area contributed by atoms with E-state index in [4.69, 9.17) is 0 Å². The summed E-state index contributed by atoms with van der Waals surface area (Å²) in [5, 5.41) is 25.2. The van der Waals surface area contributed by atoms with Crippen molar-refractivity contribution in [1.82, 2.24) is 9.80 Å². The number of imide groups is 2. The van der Waals surface area contributed by atoms with Crippen molar-refractivity contribution < 1.29 is 72.0 Å². The number of nitro groups is 2. The number of nitro benzene ring substituents is 2. The predicted octanol–water partition coefficient (Wildman–Crippen LogP) is 1.48. The smallest absolute Gasteiger partial charge is 0.270 e. The molecule has 0 unspecified atom stereocenters. The highest BCUT2D eigenvalue weighted by Crippen LogP contribution is 2.37. The summed E-state index contributed by atoms with van der Waals surface area (Å²) in [5.74, 6) is -1.78. The summed E-state index contributed by atoms with van der Waals surface area (Å²) in [6, 6.07) is 15.4. The average molecular weight is 955 g/mol. The van der Waals surface area contributed by atoms with Gasteiger partial charge in [-0.25, -0.2) is 0 Å². The summed E-state index contributed by atoms with van der Waals surface area (Å²) < 4.78 is 1.38. The van der Waals surface area contributed by atoms with Crippen molar-refractivity contribution in [2.24, 2.45) is 10.8 Å². The van der Waals surface area contributed by atoms with Gasteiger partial charge in [-0.1, -0.05) is 52.0 Å². The fourth-order valence-corrected chi connectivity index (χ4v) is 9.65. The van der Waals surface area contributed by atoms with Crippen LogP contribution in [0.15, 0.2) is 60.7 Å². The van der Waals surface area contributed by atoms with Crippen molar-refractivity contribution in [2.75, 3.05) is 67.5 Å².